The second-order valence-corrected chi connectivity index (χ2v) is 14.7. The molecular formula is C21H39NOSi. The first-order valence-electron chi connectivity index (χ1n) is 9.19. The van der Waals surface area contributed by atoms with Gasteiger partial charge in [-0.1, -0.05) is 47.6 Å². The van der Waals surface area contributed by atoms with Crippen LogP contribution in [0.25, 0.3) is 0 Å². The van der Waals surface area contributed by atoms with E-state index in [1.54, 1.807) is 0 Å². The maximum absolute atomic E-state index is 6.41. The van der Waals surface area contributed by atoms with Crippen LogP contribution in [0.1, 0.15) is 52.7 Å². The number of hydrogen-bond acceptors (Lipinski definition) is 2. The minimum Gasteiger partial charge on any atom is -0.415 e. The zero-order chi connectivity index (χ0) is 18.8. The number of nitrogens with zero attached hydrogens (tertiary/aromatic N) is 1. The van der Waals surface area contributed by atoms with Crippen LogP contribution in [0, 0.1) is 19.3 Å². The second-order valence-electron chi connectivity index (χ2n) is 9.86. The normalized spacial score (nSPS) is 13.2. The Balaban J connectivity index is 2.86. The van der Waals surface area contributed by atoms with Crippen LogP contribution in [0.3, 0.4) is 0 Å². The first kappa shape index (κ1) is 21.2. The Kier molecular flexibility index (Phi) is 6.74. The lowest BCUT2D eigenvalue weighted by Gasteiger charge is -2.38. The van der Waals surface area contributed by atoms with Gasteiger partial charge in [0.2, 0.25) is 0 Å². The van der Waals surface area contributed by atoms with E-state index in [4.69, 9.17) is 4.43 Å². The summed E-state index contributed by atoms with van der Waals surface area (Å²) in [6.45, 7) is 25.6. The summed E-state index contributed by atoms with van der Waals surface area (Å²) in [6, 6.07) is 6.79. The molecule has 0 aliphatic heterocycles. The summed E-state index contributed by atoms with van der Waals surface area (Å²) in [6.07, 6.45) is 0. The number of aryl methyl sites for hydroxylation is 2. The van der Waals surface area contributed by atoms with Crippen molar-refractivity contribution in [1.29, 1.82) is 0 Å². The molecule has 138 valence electrons. The second kappa shape index (κ2) is 7.61. The lowest BCUT2D eigenvalue weighted by Crippen LogP contribution is -2.43. The van der Waals surface area contributed by atoms with E-state index >= 15 is 0 Å². The van der Waals surface area contributed by atoms with E-state index in [0.29, 0.717) is 0 Å². The maximum Gasteiger partial charge on any atom is 0.192 e. The van der Waals surface area contributed by atoms with Crippen LogP contribution in [-0.2, 0) is 4.43 Å². The van der Waals surface area contributed by atoms with Crippen LogP contribution < -0.4 is 4.90 Å². The Hall–Kier alpha value is -0.803. The highest BCUT2D eigenvalue weighted by Gasteiger charge is 2.37. The standard InChI is InChI=1S/C21H39NOSi/c1-17-11-12-19(15-18(17)2)22(16-20(3,4)5)13-14-23-24(9,10)21(6,7)8/h11-12,15H,13-14,16H2,1-10H3. The van der Waals surface area contributed by atoms with Gasteiger partial charge in [-0.05, 0) is 60.7 Å². The van der Waals surface area contributed by atoms with Crippen LogP contribution in [0.2, 0.25) is 18.1 Å². The Bertz CT molecular complexity index is 538. The van der Waals surface area contributed by atoms with Gasteiger partial charge in [-0.25, -0.2) is 0 Å². The molecule has 1 aromatic carbocycles. The van der Waals surface area contributed by atoms with Crippen molar-refractivity contribution in [3.05, 3.63) is 29.3 Å². The van der Waals surface area contributed by atoms with Gasteiger partial charge in [-0.2, -0.15) is 0 Å². The van der Waals surface area contributed by atoms with E-state index in [2.05, 4.69) is 91.6 Å². The number of anilines is 1. The van der Waals surface area contributed by atoms with Crippen molar-refractivity contribution in [3.8, 4) is 0 Å². The van der Waals surface area contributed by atoms with Gasteiger partial charge >= 0.3 is 0 Å². The molecule has 0 bridgehead atoms. The topological polar surface area (TPSA) is 12.5 Å². The van der Waals surface area contributed by atoms with Crippen molar-refractivity contribution in [2.45, 2.75) is 73.5 Å². The molecule has 0 spiro atoms. The molecule has 0 aromatic heterocycles. The molecule has 3 heteroatoms. The third-order valence-electron chi connectivity index (χ3n) is 5.15. The molecule has 0 amide bonds. The van der Waals surface area contributed by atoms with Gasteiger partial charge in [0, 0.05) is 18.8 Å². The molecule has 0 saturated carbocycles. The fourth-order valence-electron chi connectivity index (χ4n) is 2.42. The molecule has 1 aromatic rings. The Morgan fingerprint density at radius 2 is 1.54 bits per heavy atom. The third-order valence-corrected chi connectivity index (χ3v) is 9.69. The van der Waals surface area contributed by atoms with Crippen molar-refractivity contribution in [2.24, 2.45) is 5.41 Å². The van der Waals surface area contributed by atoms with Gasteiger partial charge in [0.15, 0.2) is 8.32 Å². The summed E-state index contributed by atoms with van der Waals surface area (Å²) in [7, 11) is -1.68. The summed E-state index contributed by atoms with van der Waals surface area (Å²) in [5.74, 6) is 0. The van der Waals surface area contributed by atoms with Crippen molar-refractivity contribution < 1.29 is 4.43 Å². The van der Waals surface area contributed by atoms with Crippen molar-refractivity contribution >= 4 is 14.0 Å². The average molecular weight is 350 g/mol. The molecule has 0 unspecified atom stereocenters. The first-order valence-corrected chi connectivity index (χ1v) is 12.1. The van der Waals surface area contributed by atoms with Gasteiger partial charge in [-0.3, -0.25) is 0 Å². The number of benzene rings is 1. The van der Waals surface area contributed by atoms with Crippen molar-refractivity contribution in [2.75, 3.05) is 24.6 Å². The van der Waals surface area contributed by atoms with Crippen LogP contribution in [0.15, 0.2) is 18.2 Å². The van der Waals surface area contributed by atoms with Crippen LogP contribution >= 0.6 is 0 Å². The van der Waals surface area contributed by atoms with Gasteiger partial charge in [0.1, 0.15) is 0 Å². The average Bonchev–Trinajstić information content (AvgIpc) is 2.38. The predicted molar refractivity (Wildman–Crippen MR) is 111 cm³/mol. The monoisotopic (exact) mass is 349 g/mol. The van der Waals surface area contributed by atoms with E-state index < -0.39 is 8.32 Å². The summed E-state index contributed by atoms with van der Waals surface area (Å²) in [5, 5.41) is 0.266. The molecule has 2 nitrogen and oxygen atoms in total. The SMILES string of the molecule is Cc1ccc(N(CCO[Si](C)(C)C(C)(C)C)CC(C)(C)C)cc1C. The fourth-order valence-corrected chi connectivity index (χ4v) is 3.46. The minimum absolute atomic E-state index is 0.260. The van der Waals surface area contributed by atoms with Crippen LogP contribution in [-0.4, -0.2) is 28.0 Å². The van der Waals surface area contributed by atoms with Crippen LogP contribution in [0.4, 0.5) is 5.69 Å². The summed E-state index contributed by atoms with van der Waals surface area (Å²) in [4.78, 5) is 2.49. The molecular weight excluding hydrogens is 310 g/mol. The summed E-state index contributed by atoms with van der Waals surface area (Å²) in [5.41, 5.74) is 4.28. The number of hydrogen-bond donors (Lipinski definition) is 0. The Morgan fingerprint density at radius 1 is 0.958 bits per heavy atom. The van der Waals surface area contributed by atoms with Crippen molar-refractivity contribution in [3.63, 3.8) is 0 Å². The molecule has 0 N–H and O–H groups in total. The highest BCUT2D eigenvalue weighted by Crippen LogP contribution is 2.36. The Labute approximate surface area is 151 Å². The highest BCUT2D eigenvalue weighted by atomic mass is 28.4. The molecule has 1 rings (SSSR count). The molecule has 24 heavy (non-hydrogen) atoms. The molecule has 0 aliphatic rings. The van der Waals surface area contributed by atoms with E-state index in [1.165, 1.54) is 16.8 Å². The highest BCUT2D eigenvalue weighted by molar-refractivity contribution is 6.74. The predicted octanol–water partition coefficient (Wildman–Crippen LogP) is 6.18. The molecule has 0 fully saturated rings. The molecule has 0 saturated heterocycles. The van der Waals surface area contributed by atoms with E-state index in [-0.39, 0.29) is 10.5 Å². The third kappa shape index (κ3) is 6.25. The zero-order valence-electron chi connectivity index (χ0n) is 17.7. The summed E-state index contributed by atoms with van der Waals surface area (Å²) < 4.78 is 6.41. The molecule has 0 atom stereocenters. The summed E-state index contributed by atoms with van der Waals surface area (Å²) >= 11 is 0. The van der Waals surface area contributed by atoms with Gasteiger partial charge in [0.05, 0.1) is 6.61 Å². The lowest BCUT2D eigenvalue weighted by atomic mass is 9.95. The fraction of sp³-hybridized carbons (Fsp3) is 0.714. The van der Waals surface area contributed by atoms with Gasteiger partial charge in [-0.15, -0.1) is 0 Å². The molecule has 0 heterocycles. The molecule has 0 radical (unpaired) electrons. The minimum atomic E-state index is -1.68. The van der Waals surface area contributed by atoms with Gasteiger partial charge in [0.25, 0.3) is 0 Å². The van der Waals surface area contributed by atoms with E-state index in [0.717, 1.165) is 19.7 Å². The van der Waals surface area contributed by atoms with Gasteiger partial charge < -0.3 is 9.33 Å². The zero-order valence-corrected chi connectivity index (χ0v) is 18.7. The maximum atomic E-state index is 6.41. The van der Waals surface area contributed by atoms with E-state index in [1.807, 2.05) is 0 Å². The smallest absolute Gasteiger partial charge is 0.192 e. The Morgan fingerprint density at radius 3 is 2.00 bits per heavy atom. The van der Waals surface area contributed by atoms with Crippen LogP contribution in [0.5, 0.6) is 0 Å². The quantitative estimate of drug-likeness (QED) is 0.569. The van der Waals surface area contributed by atoms with Crippen molar-refractivity contribution in [1.82, 2.24) is 0 Å². The van der Waals surface area contributed by atoms with E-state index in [9.17, 15) is 0 Å². The lowest BCUT2D eigenvalue weighted by molar-refractivity contribution is 0.287. The number of rotatable bonds is 6. The first-order chi connectivity index (χ1) is 10.7. The molecule has 0 aliphatic carbocycles. The largest absolute Gasteiger partial charge is 0.415 e.